The zero-order valence-corrected chi connectivity index (χ0v) is 18.6. The van der Waals surface area contributed by atoms with Crippen molar-refractivity contribution in [2.45, 2.75) is 52.4 Å². The Hall–Kier alpha value is -3.20. The molecule has 1 rings (SSSR count). The minimum absolute atomic E-state index is 0.136. The molecule has 0 fully saturated rings. The van der Waals surface area contributed by atoms with Gasteiger partial charge in [-0.15, -0.1) is 6.58 Å². The Kier molecular flexibility index (Phi) is 10.4. The summed E-state index contributed by atoms with van der Waals surface area (Å²) in [5, 5.41) is 2.49. The molecule has 0 aliphatic carbocycles. The fourth-order valence-electron chi connectivity index (χ4n) is 2.49. The predicted molar refractivity (Wildman–Crippen MR) is 114 cm³/mol. The average molecular weight is 434 g/mol. The topological polar surface area (TPSA) is 113 Å². The molecule has 0 aromatic carbocycles. The summed E-state index contributed by atoms with van der Waals surface area (Å²) in [5.74, 6) is -2.02. The van der Waals surface area contributed by atoms with Crippen LogP contribution in [0.1, 0.15) is 44.6 Å². The van der Waals surface area contributed by atoms with Gasteiger partial charge in [0.1, 0.15) is 12.1 Å². The molecule has 31 heavy (non-hydrogen) atoms. The molecule has 1 amide bonds. The van der Waals surface area contributed by atoms with Gasteiger partial charge in [-0.05, 0) is 27.2 Å². The summed E-state index contributed by atoms with van der Waals surface area (Å²) >= 11 is 0. The molecule has 9 nitrogen and oxygen atoms in total. The van der Waals surface area contributed by atoms with E-state index in [-0.39, 0.29) is 17.2 Å². The van der Waals surface area contributed by atoms with Gasteiger partial charge >= 0.3 is 11.9 Å². The fraction of sp³-hybridized carbons (Fsp3) is 0.455. The Morgan fingerprint density at radius 2 is 1.94 bits per heavy atom. The molecule has 0 unspecified atom stereocenters. The van der Waals surface area contributed by atoms with Gasteiger partial charge in [0.2, 0.25) is 5.75 Å². The molecule has 1 aromatic rings. The van der Waals surface area contributed by atoms with Crippen LogP contribution in [0.2, 0.25) is 0 Å². The number of rotatable bonds is 12. The first-order valence-corrected chi connectivity index (χ1v) is 9.70. The van der Waals surface area contributed by atoms with Crippen molar-refractivity contribution in [2.75, 3.05) is 13.7 Å². The number of nitrogens with zero attached hydrogens (tertiary/aromatic N) is 1. The van der Waals surface area contributed by atoms with E-state index in [2.05, 4.69) is 23.5 Å². The quantitative estimate of drug-likeness (QED) is 0.395. The molecule has 0 spiro atoms. The Bertz CT molecular complexity index is 822. The zero-order chi connectivity index (χ0) is 23.6. The third-order valence-corrected chi connectivity index (χ3v) is 4.02. The van der Waals surface area contributed by atoms with E-state index in [1.165, 1.54) is 33.2 Å². The van der Waals surface area contributed by atoms with E-state index < -0.39 is 36.1 Å². The van der Waals surface area contributed by atoms with E-state index in [1.54, 1.807) is 13.0 Å². The number of hydrogen-bond acceptors (Lipinski definition) is 8. The van der Waals surface area contributed by atoms with E-state index in [1.807, 2.05) is 6.92 Å². The van der Waals surface area contributed by atoms with Crippen LogP contribution < -0.4 is 14.8 Å². The second kappa shape index (κ2) is 12.5. The number of amides is 1. The molecule has 3 atom stereocenters. The normalized spacial score (nSPS) is 13.3. The molecule has 0 saturated heterocycles. The van der Waals surface area contributed by atoms with Crippen LogP contribution in [-0.2, 0) is 19.1 Å². The highest BCUT2D eigenvalue weighted by Crippen LogP contribution is 2.29. The van der Waals surface area contributed by atoms with Crippen LogP contribution in [-0.4, -0.2) is 54.8 Å². The minimum atomic E-state index is -1.00. The molecular formula is C22H30N2O7. The van der Waals surface area contributed by atoms with Crippen LogP contribution in [0.15, 0.2) is 37.1 Å². The molecule has 1 N–H and O–H groups in total. The lowest BCUT2D eigenvalue weighted by Crippen LogP contribution is -2.43. The van der Waals surface area contributed by atoms with Gasteiger partial charge in [0.15, 0.2) is 11.4 Å². The Labute approximate surface area is 182 Å². The molecule has 0 saturated carbocycles. The van der Waals surface area contributed by atoms with Crippen LogP contribution in [0.3, 0.4) is 0 Å². The maximum atomic E-state index is 12.7. The highest BCUT2D eigenvalue weighted by Gasteiger charge is 2.27. The lowest BCUT2D eigenvalue weighted by molar-refractivity contribution is -0.157. The summed E-state index contributed by atoms with van der Waals surface area (Å²) in [6, 6.07) is 0.442. The standard InChI is InChI=1S/C22H30N2O7/c1-8-9-17(29-12-13(2)3)15(5)30-22(27)14(4)24-21(26)19-20(31-16(6)25)18(28-7)10-11-23-19/h8,10-11,14-15,17H,1-2,9,12H2,3-7H3,(H,24,26)/t14-,15-,17+/m0/s1. The third kappa shape index (κ3) is 8.21. The van der Waals surface area contributed by atoms with Gasteiger partial charge in [0.05, 0.1) is 19.8 Å². The number of carbonyl (C=O) groups excluding carboxylic acids is 3. The second-order valence-corrected chi connectivity index (χ2v) is 6.95. The number of pyridine rings is 1. The van der Waals surface area contributed by atoms with Gasteiger partial charge in [0, 0.05) is 19.2 Å². The summed E-state index contributed by atoms with van der Waals surface area (Å²) < 4.78 is 21.3. The Balaban J connectivity index is 2.86. The monoisotopic (exact) mass is 434 g/mol. The van der Waals surface area contributed by atoms with E-state index in [9.17, 15) is 14.4 Å². The lowest BCUT2D eigenvalue weighted by Gasteiger charge is -2.25. The lowest BCUT2D eigenvalue weighted by atomic mass is 10.1. The minimum Gasteiger partial charge on any atom is -0.493 e. The third-order valence-electron chi connectivity index (χ3n) is 4.02. The number of nitrogens with one attached hydrogen (secondary N) is 1. The average Bonchev–Trinajstić information content (AvgIpc) is 2.70. The molecule has 1 aromatic heterocycles. The first kappa shape index (κ1) is 25.8. The highest BCUT2D eigenvalue weighted by molar-refractivity contribution is 5.98. The van der Waals surface area contributed by atoms with Crippen molar-refractivity contribution in [1.82, 2.24) is 10.3 Å². The van der Waals surface area contributed by atoms with Gasteiger partial charge in [-0.3, -0.25) is 9.59 Å². The van der Waals surface area contributed by atoms with Crippen molar-refractivity contribution in [3.05, 3.63) is 42.8 Å². The first-order valence-electron chi connectivity index (χ1n) is 9.70. The molecule has 0 bridgehead atoms. The summed E-state index contributed by atoms with van der Waals surface area (Å²) in [7, 11) is 1.36. The van der Waals surface area contributed by atoms with Gasteiger partial charge in [-0.1, -0.05) is 18.2 Å². The van der Waals surface area contributed by atoms with Crippen molar-refractivity contribution in [2.24, 2.45) is 0 Å². The molecule has 1 heterocycles. The van der Waals surface area contributed by atoms with Gasteiger partial charge in [0.25, 0.3) is 5.91 Å². The number of hydrogen-bond donors (Lipinski definition) is 1. The molecule has 0 aliphatic rings. The summed E-state index contributed by atoms with van der Waals surface area (Å²) in [6.07, 6.45) is 2.48. The number of aromatic nitrogens is 1. The van der Waals surface area contributed by atoms with Crippen LogP contribution in [0, 0.1) is 0 Å². The van der Waals surface area contributed by atoms with Crippen molar-refractivity contribution in [3.63, 3.8) is 0 Å². The van der Waals surface area contributed by atoms with E-state index in [0.717, 1.165) is 5.57 Å². The van der Waals surface area contributed by atoms with E-state index in [0.29, 0.717) is 13.0 Å². The Morgan fingerprint density at radius 1 is 1.26 bits per heavy atom. The number of ether oxygens (including phenoxy) is 4. The number of methoxy groups -OCH3 is 1. The van der Waals surface area contributed by atoms with Crippen molar-refractivity contribution >= 4 is 17.8 Å². The maximum Gasteiger partial charge on any atom is 0.328 e. The van der Waals surface area contributed by atoms with Crippen molar-refractivity contribution in [3.8, 4) is 11.5 Å². The van der Waals surface area contributed by atoms with Crippen molar-refractivity contribution in [1.29, 1.82) is 0 Å². The first-order chi connectivity index (χ1) is 14.6. The summed E-state index contributed by atoms with van der Waals surface area (Å²) in [5.41, 5.74) is 0.638. The van der Waals surface area contributed by atoms with E-state index in [4.69, 9.17) is 18.9 Å². The van der Waals surface area contributed by atoms with Crippen LogP contribution >= 0.6 is 0 Å². The van der Waals surface area contributed by atoms with Crippen LogP contribution in [0.4, 0.5) is 0 Å². The highest BCUT2D eigenvalue weighted by atomic mass is 16.6. The zero-order valence-electron chi connectivity index (χ0n) is 18.6. The Morgan fingerprint density at radius 3 is 2.48 bits per heavy atom. The molecule has 0 radical (unpaired) electrons. The van der Waals surface area contributed by atoms with Crippen LogP contribution in [0.25, 0.3) is 0 Å². The molecular weight excluding hydrogens is 404 g/mol. The van der Waals surface area contributed by atoms with Crippen LogP contribution in [0.5, 0.6) is 11.5 Å². The maximum absolute atomic E-state index is 12.7. The molecule has 170 valence electrons. The molecule has 9 heteroatoms. The van der Waals surface area contributed by atoms with Crippen molar-refractivity contribution < 1.29 is 33.3 Å². The van der Waals surface area contributed by atoms with Gasteiger partial charge < -0.3 is 24.3 Å². The smallest absolute Gasteiger partial charge is 0.328 e. The molecule has 0 aliphatic heterocycles. The largest absolute Gasteiger partial charge is 0.493 e. The summed E-state index contributed by atoms with van der Waals surface area (Å²) in [4.78, 5) is 40.5. The number of esters is 2. The van der Waals surface area contributed by atoms with E-state index >= 15 is 0 Å². The fourth-order valence-corrected chi connectivity index (χ4v) is 2.49. The summed E-state index contributed by atoms with van der Waals surface area (Å²) in [6.45, 7) is 14.0. The SMILES string of the molecule is C=CC[C@@H](OCC(=C)C)[C@H](C)OC(=O)[C@H](C)NC(=O)c1nccc(OC)c1OC(C)=O. The van der Waals surface area contributed by atoms with Gasteiger partial charge in [-0.2, -0.15) is 0 Å². The van der Waals surface area contributed by atoms with Gasteiger partial charge in [-0.25, -0.2) is 9.78 Å². The number of carbonyl (C=O) groups is 3. The second-order valence-electron chi connectivity index (χ2n) is 6.95. The predicted octanol–water partition coefficient (Wildman–Crippen LogP) is 2.60.